The summed E-state index contributed by atoms with van der Waals surface area (Å²) in [5, 5.41) is 2.77. The first-order chi connectivity index (χ1) is 10.9. The monoisotopic (exact) mass is 319 g/mol. The summed E-state index contributed by atoms with van der Waals surface area (Å²) in [5.74, 6) is 0.998. The van der Waals surface area contributed by atoms with Gasteiger partial charge in [-0.3, -0.25) is 0 Å². The second-order valence-corrected chi connectivity index (χ2v) is 6.40. The second kappa shape index (κ2) is 7.80. The fourth-order valence-electron chi connectivity index (χ4n) is 2.22. The largest absolute Gasteiger partial charge is 0.444 e. The molecule has 0 aromatic carbocycles. The number of amides is 1. The van der Waals surface area contributed by atoms with E-state index in [9.17, 15) is 4.79 Å². The molecule has 0 atom stereocenters. The van der Waals surface area contributed by atoms with E-state index in [0.29, 0.717) is 6.54 Å². The van der Waals surface area contributed by atoms with Crippen LogP contribution in [0, 0.1) is 0 Å². The van der Waals surface area contributed by atoms with Crippen LogP contribution in [0.25, 0.3) is 0 Å². The number of hydrogen-bond acceptors (Lipinski definition) is 4. The van der Waals surface area contributed by atoms with Gasteiger partial charge in [-0.15, -0.1) is 0 Å². The molecule has 23 heavy (non-hydrogen) atoms. The van der Waals surface area contributed by atoms with Crippen molar-refractivity contribution >= 4 is 6.09 Å². The Balaban J connectivity index is 1.72. The number of nitrogens with zero attached hydrogens (tertiary/aromatic N) is 3. The van der Waals surface area contributed by atoms with Crippen LogP contribution < -0.4 is 5.32 Å². The van der Waals surface area contributed by atoms with Crippen LogP contribution in [0.3, 0.4) is 0 Å². The fourth-order valence-corrected chi connectivity index (χ4v) is 2.22. The molecule has 0 saturated carbocycles. The van der Waals surface area contributed by atoms with Crippen molar-refractivity contribution in [1.82, 2.24) is 24.8 Å². The number of carbonyl (C=O) groups excluding carboxylic acids is 1. The normalized spacial score (nSPS) is 11.4. The molecule has 1 amide bonds. The molecule has 2 rings (SSSR count). The minimum absolute atomic E-state index is 0.388. The summed E-state index contributed by atoms with van der Waals surface area (Å²) in [6.07, 6.45) is 9.48. The van der Waals surface area contributed by atoms with E-state index in [0.717, 1.165) is 37.3 Å². The summed E-state index contributed by atoms with van der Waals surface area (Å²) in [6.45, 7) is 6.95. The number of carbonyl (C=O) groups is 1. The number of hydrogen-bond donors (Lipinski definition) is 2. The predicted molar refractivity (Wildman–Crippen MR) is 87.1 cm³/mol. The molecule has 2 heterocycles. The Bertz CT molecular complexity index is 598. The highest BCUT2D eigenvalue weighted by Gasteiger charge is 2.15. The maximum atomic E-state index is 11.6. The topological polar surface area (TPSA) is 84.8 Å². The van der Waals surface area contributed by atoms with Gasteiger partial charge in [0.05, 0.1) is 6.33 Å². The Morgan fingerprint density at radius 3 is 2.91 bits per heavy atom. The maximum absolute atomic E-state index is 11.6. The van der Waals surface area contributed by atoms with Gasteiger partial charge < -0.3 is 19.6 Å². The summed E-state index contributed by atoms with van der Waals surface area (Å²) in [4.78, 5) is 23.1. The Kier molecular flexibility index (Phi) is 5.78. The number of nitrogens with one attached hydrogen (secondary N) is 2. The molecule has 0 spiro atoms. The molecule has 0 unspecified atom stereocenters. The van der Waals surface area contributed by atoms with Gasteiger partial charge in [0.15, 0.2) is 0 Å². The molecule has 0 aliphatic heterocycles. The lowest BCUT2D eigenvalue weighted by molar-refractivity contribution is 0.0528. The lowest BCUT2D eigenvalue weighted by Crippen LogP contribution is -2.33. The average molecular weight is 319 g/mol. The van der Waals surface area contributed by atoms with Crippen LogP contribution in [0.5, 0.6) is 0 Å². The van der Waals surface area contributed by atoms with Gasteiger partial charge in [-0.2, -0.15) is 0 Å². The van der Waals surface area contributed by atoms with E-state index >= 15 is 0 Å². The molecule has 2 aromatic rings. The van der Waals surface area contributed by atoms with Crippen LogP contribution in [0.2, 0.25) is 0 Å². The highest BCUT2D eigenvalue weighted by Crippen LogP contribution is 2.07. The molecule has 0 aliphatic carbocycles. The van der Waals surface area contributed by atoms with Gasteiger partial charge in [0, 0.05) is 50.2 Å². The number of aryl methyl sites for hydroxylation is 2. The zero-order valence-corrected chi connectivity index (χ0v) is 14.0. The van der Waals surface area contributed by atoms with Crippen molar-refractivity contribution < 1.29 is 9.53 Å². The summed E-state index contributed by atoms with van der Waals surface area (Å²) >= 11 is 0. The quantitative estimate of drug-likeness (QED) is 0.820. The Morgan fingerprint density at radius 1 is 1.39 bits per heavy atom. The first-order valence-electron chi connectivity index (χ1n) is 7.88. The summed E-state index contributed by atoms with van der Waals surface area (Å²) in [5.41, 5.74) is 0.623. The molecule has 0 saturated heterocycles. The van der Waals surface area contributed by atoms with Gasteiger partial charge in [0.1, 0.15) is 11.4 Å². The van der Waals surface area contributed by atoms with Crippen molar-refractivity contribution in [2.24, 2.45) is 0 Å². The molecule has 7 nitrogen and oxygen atoms in total. The van der Waals surface area contributed by atoms with Crippen molar-refractivity contribution in [3.05, 3.63) is 36.4 Å². The van der Waals surface area contributed by atoms with Gasteiger partial charge in [-0.1, -0.05) is 0 Å². The number of aromatic nitrogens is 4. The lowest BCUT2D eigenvalue weighted by atomic mass is 10.2. The number of aromatic amines is 1. The summed E-state index contributed by atoms with van der Waals surface area (Å²) in [6, 6.07) is 0. The molecule has 0 bridgehead atoms. The van der Waals surface area contributed by atoms with Crippen LogP contribution in [0.4, 0.5) is 4.79 Å². The van der Waals surface area contributed by atoms with Crippen molar-refractivity contribution in [1.29, 1.82) is 0 Å². The van der Waals surface area contributed by atoms with Crippen LogP contribution in [0.1, 0.15) is 38.7 Å². The number of rotatable bonds is 7. The Hall–Kier alpha value is -2.31. The maximum Gasteiger partial charge on any atom is 0.407 e. The zero-order valence-electron chi connectivity index (χ0n) is 14.0. The van der Waals surface area contributed by atoms with Crippen molar-refractivity contribution in [3.63, 3.8) is 0 Å². The summed E-state index contributed by atoms with van der Waals surface area (Å²) in [7, 11) is 0. The number of ether oxygens (including phenoxy) is 1. The van der Waals surface area contributed by atoms with E-state index in [1.807, 2.05) is 39.5 Å². The molecule has 0 fully saturated rings. The van der Waals surface area contributed by atoms with Crippen LogP contribution in [-0.4, -0.2) is 37.8 Å². The molecule has 2 N–H and O–H groups in total. The van der Waals surface area contributed by atoms with Gasteiger partial charge in [0.25, 0.3) is 0 Å². The highest BCUT2D eigenvalue weighted by atomic mass is 16.6. The van der Waals surface area contributed by atoms with Gasteiger partial charge in [0.2, 0.25) is 0 Å². The molecule has 7 heteroatoms. The summed E-state index contributed by atoms with van der Waals surface area (Å²) < 4.78 is 7.32. The first-order valence-corrected chi connectivity index (χ1v) is 7.88. The smallest absolute Gasteiger partial charge is 0.407 e. The first kappa shape index (κ1) is 17.1. The average Bonchev–Trinajstić information content (AvgIpc) is 3.09. The van der Waals surface area contributed by atoms with Gasteiger partial charge >= 0.3 is 6.09 Å². The number of H-pyrrole nitrogens is 1. The third-order valence-corrected chi connectivity index (χ3v) is 3.22. The van der Waals surface area contributed by atoms with Crippen molar-refractivity contribution in [3.8, 4) is 0 Å². The van der Waals surface area contributed by atoms with Crippen LogP contribution in [-0.2, 0) is 24.1 Å². The van der Waals surface area contributed by atoms with E-state index in [1.165, 1.54) is 0 Å². The lowest BCUT2D eigenvalue weighted by Gasteiger charge is -2.19. The van der Waals surface area contributed by atoms with Crippen LogP contribution in [0.15, 0.2) is 24.9 Å². The number of alkyl carbamates (subject to hydrolysis) is 1. The minimum Gasteiger partial charge on any atom is -0.444 e. The Morgan fingerprint density at radius 2 is 2.22 bits per heavy atom. The van der Waals surface area contributed by atoms with E-state index < -0.39 is 5.60 Å². The molecular formula is C16H25N5O2. The third-order valence-electron chi connectivity index (χ3n) is 3.22. The zero-order chi connectivity index (χ0) is 16.7. The molecule has 0 radical (unpaired) electrons. The molecule has 2 aromatic heterocycles. The van der Waals surface area contributed by atoms with Crippen LogP contribution >= 0.6 is 0 Å². The van der Waals surface area contributed by atoms with E-state index in [-0.39, 0.29) is 6.09 Å². The van der Waals surface area contributed by atoms with E-state index in [2.05, 4.69) is 24.8 Å². The van der Waals surface area contributed by atoms with Crippen molar-refractivity contribution in [2.45, 2.75) is 52.2 Å². The fraction of sp³-hybridized carbons (Fsp3) is 0.562. The molecular weight excluding hydrogens is 294 g/mol. The second-order valence-electron chi connectivity index (χ2n) is 6.40. The molecule has 126 valence electrons. The van der Waals surface area contributed by atoms with E-state index in [4.69, 9.17) is 4.74 Å². The predicted octanol–water partition coefficient (Wildman–Crippen LogP) is 2.31. The van der Waals surface area contributed by atoms with Gasteiger partial charge in [-0.25, -0.2) is 14.8 Å². The standard InChI is InChI=1S/C16H25N5O2/c1-16(2,3)23-15(22)20-7-6-13-11-17-12-21(13)10-4-5-14-18-8-9-19-14/h8-9,11-12H,4-7,10H2,1-3H3,(H,18,19)(H,20,22). The minimum atomic E-state index is -0.474. The van der Waals surface area contributed by atoms with E-state index in [1.54, 1.807) is 6.20 Å². The SMILES string of the molecule is CC(C)(C)OC(=O)NCCc1cncn1CCCc1ncc[nH]1. The number of imidazole rings is 2. The third kappa shape index (κ3) is 6.14. The van der Waals surface area contributed by atoms with Gasteiger partial charge in [-0.05, 0) is 27.2 Å². The highest BCUT2D eigenvalue weighted by molar-refractivity contribution is 5.67. The Labute approximate surface area is 136 Å². The molecule has 0 aliphatic rings. The van der Waals surface area contributed by atoms with Crippen molar-refractivity contribution in [2.75, 3.05) is 6.54 Å².